The van der Waals surface area contributed by atoms with Gasteiger partial charge in [-0.2, -0.15) is 0 Å². The summed E-state index contributed by atoms with van der Waals surface area (Å²) in [4.78, 5) is 73.0. The Hall–Kier alpha value is -2.98. The molecule has 580 valence electrons. The van der Waals surface area contributed by atoms with E-state index in [0.717, 1.165) is 128 Å². The number of esters is 4. The van der Waals surface area contributed by atoms with Crippen LogP contribution in [0.4, 0.5) is 0 Å². The van der Waals surface area contributed by atoms with Gasteiger partial charge in [-0.15, -0.1) is 0 Å². The van der Waals surface area contributed by atoms with Crippen LogP contribution in [0.25, 0.3) is 0 Å². The zero-order chi connectivity index (χ0) is 72.7. The van der Waals surface area contributed by atoms with Gasteiger partial charge in [0.15, 0.2) is 12.2 Å². The van der Waals surface area contributed by atoms with Crippen LogP contribution in [0, 0.1) is 5.92 Å². The second-order valence-corrected chi connectivity index (χ2v) is 30.8. The van der Waals surface area contributed by atoms with E-state index >= 15 is 0 Å². The number of ether oxygens (including phenoxy) is 4. The summed E-state index contributed by atoms with van der Waals surface area (Å²) in [5.41, 5.74) is 0. The fourth-order valence-corrected chi connectivity index (χ4v) is 12.9. The van der Waals surface area contributed by atoms with Crippen molar-refractivity contribution in [3.8, 4) is 0 Å². The van der Waals surface area contributed by atoms with Gasteiger partial charge in [0.1, 0.15) is 19.3 Å². The van der Waals surface area contributed by atoms with Crippen LogP contribution in [-0.2, 0) is 65.4 Å². The molecular weight excluding hydrogens is 1290 g/mol. The Morgan fingerprint density at radius 1 is 0.313 bits per heavy atom. The predicted molar refractivity (Wildman–Crippen MR) is 404 cm³/mol. The van der Waals surface area contributed by atoms with Crippen LogP contribution in [0.3, 0.4) is 0 Å². The lowest BCUT2D eigenvalue weighted by Crippen LogP contribution is -2.30. The zero-order valence-electron chi connectivity index (χ0n) is 63.6. The average molecular weight is 1440 g/mol. The minimum Gasteiger partial charge on any atom is -0.462 e. The van der Waals surface area contributed by atoms with E-state index in [-0.39, 0.29) is 25.7 Å². The first kappa shape index (κ1) is 96.0. The summed E-state index contributed by atoms with van der Waals surface area (Å²) in [5.74, 6) is -1.38. The SMILES string of the molecule is CCCCCC/C=C\C=C/CCCCCCCC(=O)OC[C@H](COP(=O)(O)OC[C@@H](O)COP(=O)(O)OC[C@@H](COC(=O)CCCCCCCCCCCCCC)OC(=O)CCCCCCC/C=C\C=C/CCCCCC)OC(=O)CCCCCCCCCCCCCCCCC(C)C. The molecule has 0 aliphatic heterocycles. The summed E-state index contributed by atoms with van der Waals surface area (Å²) in [6, 6.07) is 0. The fraction of sp³-hybridized carbons (Fsp3) is 0.850. The molecule has 0 saturated carbocycles. The molecule has 0 rings (SSSR count). The number of carbonyl (C=O) groups is 4. The Morgan fingerprint density at radius 2 is 0.545 bits per heavy atom. The Labute approximate surface area is 604 Å². The highest BCUT2D eigenvalue weighted by molar-refractivity contribution is 7.47. The van der Waals surface area contributed by atoms with Gasteiger partial charge >= 0.3 is 39.5 Å². The van der Waals surface area contributed by atoms with Gasteiger partial charge in [-0.3, -0.25) is 37.3 Å². The van der Waals surface area contributed by atoms with Crippen molar-refractivity contribution in [1.82, 2.24) is 0 Å². The average Bonchev–Trinajstić information content (AvgIpc) is 1.20. The first-order valence-corrected chi connectivity index (χ1v) is 43.3. The number of unbranched alkanes of at least 4 members (excludes halogenated alkanes) is 42. The van der Waals surface area contributed by atoms with Gasteiger partial charge in [-0.1, -0.05) is 321 Å². The highest BCUT2D eigenvalue weighted by atomic mass is 31.2. The van der Waals surface area contributed by atoms with Crippen molar-refractivity contribution in [2.24, 2.45) is 5.92 Å². The molecule has 0 fully saturated rings. The quantitative estimate of drug-likeness (QED) is 0.0169. The third kappa shape index (κ3) is 73.1. The van der Waals surface area contributed by atoms with Crippen LogP contribution in [-0.4, -0.2) is 96.7 Å². The standard InChI is InChI=1S/C80H148O17P2/c1-6-9-12-15-18-21-24-27-29-34-39-44-49-54-59-64-78(83)91-70-76(97-80(85)66-61-56-51-46-41-36-32-31-33-37-42-47-52-57-62-73(4)5)72-95-99(88,89)93-68-74(81)67-92-98(86,87)94-71-75(69-90-77(82)63-58-53-48-43-38-26-23-20-17-14-11-8-3)96-79(84)65-60-55-50-45-40-35-30-28-25-22-19-16-13-10-7-2/h21-22,24-25,27-30,73-76,81H,6-20,23,26,31-72H2,1-5H3,(H,86,87)(H,88,89)/b24-21-,25-22-,29-27-,30-28-/t74-,75+,76+/m0/s1. The third-order valence-electron chi connectivity index (χ3n) is 17.5. The first-order valence-electron chi connectivity index (χ1n) is 40.3. The Kier molecular flexibility index (Phi) is 69.8. The molecule has 19 heteroatoms. The summed E-state index contributed by atoms with van der Waals surface area (Å²) in [5, 5.41) is 10.6. The minimum absolute atomic E-state index is 0.0832. The van der Waals surface area contributed by atoms with Crippen LogP contribution in [0.1, 0.15) is 375 Å². The molecule has 0 radical (unpaired) electrons. The molecular formula is C80H148O17P2. The van der Waals surface area contributed by atoms with E-state index in [4.69, 9.17) is 37.0 Å². The highest BCUT2D eigenvalue weighted by Gasteiger charge is 2.30. The molecule has 0 aromatic carbocycles. The highest BCUT2D eigenvalue weighted by Crippen LogP contribution is 2.45. The molecule has 0 heterocycles. The number of aliphatic hydroxyl groups is 1. The summed E-state index contributed by atoms with van der Waals surface area (Å²) < 4.78 is 68.6. The van der Waals surface area contributed by atoms with E-state index in [9.17, 15) is 43.2 Å². The van der Waals surface area contributed by atoms with E-state index in [1.807, 2.05) is 0 Å². The van der Waals surface area contributed by atoms with Crippen LogP contribution in [0.15, 0.2) is 48.6 Å². The Balaban J connectivity index is 5.33. The molecule has 0 amide bonds. The normalized spacial score (nSPS) is 14.2. The monoisotopic (exact) mass is 1440 g/mol. The number of hydrogen-bond donors (Lipinski definition) is 3. The van der Waals surface area contributed by atoms with Crippen molar-refractivity contribution in [2.45, 2.75) is 393 Å². The molecule has 0 spiro atoms. The Morgan fingerprint density at radius 3 is 0.828 bits per heavy atom. The number of aliphatic hydroxyl groups excluding tert-OH is 1. The lowest BCUT2D eigenvalue weighted by molar-refractivity contribution is -0.161. The molecule has 3 N–H and O–H groups in total. The molecule has 2 unspecified atom stereocenters. The van der Waals surface area contributed by atoms with Crippen molar-refractivity contribution < 1.29 is 80.2 Å². The Bertz CT molecular complexity index is 2080. The van der Waals surface area contributed by atoms with Gasteiger partial charge in [0.05, 0.1) is 26.4 Å². The molecule has 0 aromatic heterocycles. The maximum Gasteiger partial charge on any atom is 0.472 e. The lowest BCUT2D eigenvalue weighted by Gasteiger charge is -2.21. The lowest BCUT2D eigenvalue weighted by atomic mass is 10.0. The number of allylic oxidation sites excluding steroid dienone is 8. The van der Waals surface area contributed by atoms with E-state index < -0.39 is 97.5 Å². The van der Waals surface area contributed by atoms with Crippen LogP contribution < -0.4 is 0 Å². The number of phosphoric ester groups is 2. The van der Waals surface area contributed by atoms with Crippen molar-refractivity contribution in [3.05, 3.63) is 48.6 Å². The second kappa shape index (κ2) is 72.0. The molecule has 17 nitrogen and oxygen atoms in total. The van der Waals surface area contributed by atoms with E-state index in [1.165, 1.54) is 167 Å². The summed E-state index contributed by atoms with van der Waals surface area (Å²) in [7, 11) is -9.94. The third-order valence-corrected chi connectivity index (χ3v) is 19.4. The smallest absolute Gasteiger partial charge is 0.462 e. The van der Waals surface area contributed by atoms with Gasteiger partial charge in [-0.05, 0) is 83.0 Å². The van der Waals surface area contributed by atoms with Crippen molar-refractivity contribution in [3.63, 3.8) is 0 Å². The number of carbonyl (C=O) groups excluding carboxylic acids is 4. The zero-order valence-corrected chi connectivity index (χ0v) is 65.4. The van der Waals surface area contributed by atoms with E-state index in [2.05, 4.69) is 83.2 Å². The first-order chi connectivity index (χ1) is 48.0. The molecule has 0 aromatic rings. The van der Waals surface area contributed by atoms with Crippen molar-refractivity contribution >= 4 is 39.5 Å². The molecule has 0 aliphatic carbocycles. The largest absolute Gasteiger partial charge is 0.472 e. The van der Waals surface area contributed by atoms with Gasteiger partial charge in [0.2, 0.25) is 0 Å². The van der Waals surface area contributed by atoms with E-state index in [1.54, 1.807) is 0 Å². The van der Waals surface area contributed by atoms with Crippen molar-refractivity contribution in [1.29, 1.82) is 0 Å². The topological polar surface area (TPSA) is 237 Å². The molecule has 5 atom stereocenters. The number of rotatable bonds is 76. The predicted octanol–water partition coefficient (Wildman–Crippen LogP) is 23.1. The summed E-state index contributed by atoms with van der Waals surface area (Å²) >= 11 is 0. The van der Waals surface area contributed by atoms with Crippen LogP contribution in [0.2, 0.25) is 0 Å². The number of phosphoric acid groups is 2. The van der Waals surface area contributed by atoms with Crippen LogP contribution >= 0.6 is 15.6 Å². The van der Waals surface area contributed by atoms with Gasteiger partial charge in [0, 0.05) is 25.7 Å². The minimum atomic E-state index is -4.97. The maximum atomic E-state index is 13.1. The second-order valence-electron chi connectivity index (χ2n) is 27.9. The number of hydrogen-bond acceptors (Lipinski definition) is 15. The fourth-order valence-electron chi connectivity index (χ4n) is 11.3. The maximum absolute atomic E-state index is 13.1. The van der Waals surface area contributed by atoms with Crippen LogP contribution in [0.5, 0.6) is 0 Å². The molecule has 0 bridgehead atoms. The summed E-state index contributed by atoms with van der Waals surface area (Å²) in [6.07, 6.45) is 68.0. The molecule has 0 saturated heterocycles. The molecule has 99 heavy (non-hydrogen) atoms. The van der Waals surface area contributed by atoms with Crippen molar-refractivity contribution in [2.75, 3.05) is 39.6 Å². The molecule has 0 aliphatic rings. The van der Waals surface area contributed by atoms with Gasteiger partial charge in [-0.25, -0.2) is 9.13 Å². The summed E-state index contributed by atoms with van der Waals surface area (Å²) in [6.45, 7) is 7.21. The van der Waals surface area contributed by atoms with Gasteiger partial charge < -0.3 is 33.8 Å². The van der Waals surface area contributed by atoms with Gasteiger partial charge in [0.25, 0.3) is 0 Å². The van der Waals surface area contributed by atoms with E-state index in [0.29, 0.717) is 25.7 Å².